The van der Waals surface area contributed by atoms with Crippen LogP contribution in [-0.4, -0.2) is 29.3 Å². The van der Waals surface area contributed by atoms with E-state index in [1.54, 1.807) is 17.1 Å². The van der Waals surface area contributed by atoms with Gasteiger partial charge in [0.15, 0.2) is 5.54 Å². The molecule has 0 aromatic heterocycles. The number of nitrogens with zero attached hydrogens (tertiary/aromatic N) is 3. The molecule has 0 N–H and O–H groups in total. The van der Waals surface area contributed by atoms with E-state index in [-0.39, 0.29) is 33.1 Å². The summed E-state index contributed by atoms with van der Waals surface area (Å²) in [5.41, 5.74) is -0.724. The summed E-state index contributed by atoms with van der Waals surface area (Å²) in [6.07, 6.45) is -0.198. The zero-order chi connectivity index (χ0) is 21.6. The van der Waals surface area contributed by atoms with Gasteiger partial charge < -0.3 is 0 Å². The van der Waals surface area contributed by atoms with Crippen LogP contribution in [0.2, 0.25) is 15.1 Å². The molecule has 3 heterocycles. The van der Waals surface area contributed by atoms with Crippen molar-refractivity contribution >= 4 is 63.9 Å². The summed E-state index contributed by atoms with van der Waals surface area (Å²) in [5.74, 6) is -1.25. The Hall–Kier alpha value is -2.28. The van der Waals surface area contributed by atoms with Crippen LogP contribution in [0.15, 0.2) is 36.4 Å². The van der Waals surface area contributed by atoms with E-state index >= 15 is 0 Å². The average Bonchev–Trinajstić information content (AvgIpc) is 3.17. The van der Waals surface area contributed by atoms with Crippen molar-refractivity contribution in [1.29, 1.82) is 0 Å². The Bertz CT molecular complexity index is 1140. The van der Waals surface area contributed by atoms with Crippen LogP contribution in [0.1, 0.15) is 25.8 Å². The van der Waals surface area contributed by atoms with Gasteiger partial charge in [-0.2, -0.15) is 0 Å². The van der Waals surface area contributed by atoms with Crippen LogP contribution in [-0.2, 0) is 19.9 Å². The predicted molar refractivity (Wildman–Crippen MR) is 115 cm³/mol. The van der Waals surface area contributed by atoms with Crippen molar-refractivity contribution in [2.75, 3.05) is 16.5 Å². The van der Waals surface area contributed by atoms with E-state index in [0.717, 1.165) is 10.6 Å². The fourth-order valence-electron chi connectivity index (χ4n) is 4.67. The highest BCUT2D eigenvalue weighted by Gasteiger charge is 2.68. The van der Waals surface area contributed by atoms with Crippen LogP contribution in [0, 0.1) is 5.41 Å². The van der Waals surface area contributed by atoms with Crippen LogP contribution in [0.25, 0.3) is 0 Å². The van der Waals surface area contributed by atoms with Gasteiger partial charge in [-0.25, -0.2) is 9.91 Å². The highest BCUT2D eigenvalue weighted by molar-refractivity contribution is 6.44. The van der Waals surface area contributed by atoms with Gasteiger partial charge in [0.05, 0.1) is 39.8 Å². The van der Waals surface area contributed by atoms with Crippen molar-refractivity contribution < 1.29 is 14.4 Å². The van der Waals surface area contributed by atoms with Gasteiger partial charge in [-0.05, 0) is 32.0 Å². The lowest BCUT2D eigenvalue weighted by Crippen LogP contribution is -2.54. The molecule has 0 saturated carbocycles. The van der Waals surface area contributed by atoms with E-state index in [4.69, 9.17) is 34.8 Å². The maximum atomic E-state index is 13.9. The second-order valence-corrected chi connectivity index (χ2v) is 9.62. The largest absolute Gasteiger partial charge is 0.280 e. The Morgan fingerprint density at radius 3 is 2.23 bits per heavy atom. The molecule has 0 bridgehead atoms. The highest BCUT2D eigenvalue weighted by atomic mass is 35.5. The van der Waals surface area contributed by atoms with E-state index in [2.05, 4.69) is 0 Å². The number of halogens is 3. The maximum absolute atomic E-state index is 13.9. The predicted octanol–water partition coefficient (Wildman–Crippen LogP) is 4.41. The van der Waals surface area contributed by atoms with Crippen LogP contribution >= 0.6 is 34.8 Å². The topological polar surface area (TPSA) is 60.9 Å². The molecule has 3 amide bonds. The minimum atomic E-state index is -1.47. The quantitative estimate of drug-likeness (QED) is 0.587. The first-order chi connectivity index (χ1) is 14.1. The summed E-state index contributed by atoms with van der Waals surface area (Å²) in [4.78, 5) is 41.5. The number of carbonyl (C=O) groups is 3. The van der Waals surface area contributed by atoms with Gasteiger partial charge in [-0.15, -0.1) is 0 Å². The molecule has 1 atom stereocenters. The van der Waals surface area contributed by atoms with Crippen molar-refractivity contribution in [2.45, 2.75) is 25.8 Å². The zero-order valence-electron chi connectivity index (χ0n) is 16.1. The molecule has 154 valence electrons. The second-order valence-electron chi connectivity index (χ2n) is 8.37. The highest BCUT2D eigenvalue weighted by Crippen LogP contribution is 2.56. The first-order valence-corrected chi connectivity index (χ1v) is 10.5. The van der Waals surface area contributed by atoms with E-state index < -0.39 is 22.8 Å². The molecular formula is C21H16Cl3N3O3. The van der Waals surface area contributed by atoms with Gasteiger partial charge in [0.2, 0.25) is 11.8 Å². The fraction of sp³-hybridized carbons (Fsp3) is 0.286. The Morgan fingerprint density at radius 1 is 0.933 bits per heavy atom. The third kappa shape index (κ3) is 2.30. The molecule has 2 saturated heterocycles. The third-order valence-electron chi connectivity index (χ3n) is 5.97. The fourth-order valence-corrected chi connectivity index (χ4v) is 5.65. The van der Waals surface area contributed by atoms with Crippen molar-refractivity contribution in [3.05, 3.63) is 57.0 Å². The molecule has 2 fully saturated rings. The summed E-state index contributed by atoms with van der Waals surface area (Å²) in [5, 5.41) is 3.72. The SMILES string of the molecule is CC1(C)CN2c3ccccc3C3(CC(=O)N(c4c(Cl)cc(Cl)cc4Cl)C3=O)N2C1=O. The number of amides is 3. The molecule has 2 aromatic rings. The van der Waals surface area contributed by atoms with E-state index in [1.807, 2.05) is 26.0 Å². The number of rotatable bonds is 1. The molecule has 3 aliphatic heterocycles. The molecule has 1 spiro atoms. The van der Waals surface area contributed by atoms with Crippen LogP contribution in [0.5, 0.6) is 0 Å². The minimum absolute atomic E-state index is 0.0800. The number of anilines is 2. The lowest BCUT2D eigenvalue weighted by Gasteiger charge is -2.33. The van der Waals surface area contributed by atoms with E-state index in [0.29, 0.717) is 12.1 Å². The Morgan fingerprint density at radius 2 is 1.57 bits per heavy atom. The van der Waals surface area contributed by atoms with E-state index in [1.165, 1.54) is 17.1 Å². The maximum Gasteiger partial charge on any atom is 0.267 e. The second kappa shape index (κ2) is 6.13. The molecule has 6 nitrogen and oxygen atoms in total. The summed E-state index contributed by atoms with van der Waals surface area (Å²) >= 11 is 18.6. The molecule has 3 aliphatic rings. The molecular weight excluding hydrogens is 449 g/mol. The first-order valence-electron chi connectivity index (χ1n) is 9.33. The summed E-state index contributed by atoms with van der Waals surface area (Å²) in [6.45, 7) is 4.07. The third-order valence-corrected chi connectivity index (χ3v) is 6.76. The number of para-hydroxylation sites is 1. The van der Waals surface area contributed by atoms with Crippen LogP contribution in [0.3, 0.4) is 0 Å². The van der Waals surface area contributed by atoms with Gasteiger partial charge in [0.25, 0.3) is 5.91 Å². The smallest absolute Gasteiger partial charge is 0.267 e. The lowest BCUT2D eigenvalue weighted by molar-refractivity contribution is -0.146. The number of fused-ring (bicyclic) bond motifs is 5. The molecule has 1 unspecified atom stereocenters. The van der Waals surface area contributed by atoms with Crippen molar-refractivity contribution in [1.82, 2.24) is 5.01 Å². The number of hydrogen-bond acceptors (Lipinski definition) is 4. The molecule has 30 heavy (non-hydrogen) atoms. The monoisotopic (exact) mass is 463 g/mol. The molecule has 0 aliphatic carbocycles. The number of imide groups is 1. The minimum Gasteiger partial charge on any atom is -0.280 e. The van der Waals surface area contributed by atoms with Gasteiger partial charge in [0, 0.05) is 10.6 Å². The summed E-state index contributed by atoms with van der Waals surface area (Å²) < 4.78 is 0. The number of hydrogen-bond donors (Lipinski definition) is 0. The lowest BCUT2D eigenvalue weighted by atomic mass is 9.84. The Labute approximate surface area is 187 Å². The van der Waals surface area contributed by atoms with Crippen molar-refractivity contribution in [3.8, 4) is 0 Å². The van der Waals surface area contributed by atoms with Gasteiger partial charge in [-0.1, -0.05) is 53.0 Å². The zero-order valence-corrected chi connectivity index (χ0v) is 18.3. The standard InChI is InChI=1S/C21H16Cl3N3O3/c1-20(2)10-25-15-6-4-3-5-12(15)21(27(25)18(20)29)9-16(28)26(19(21)30)17-13(23)7-11(22)8-14(17)24/h3-8H,9-10H2,1-2H3. The molecule has 5 rings (SSSR count). The van der Waals surface area contributed by atoms with Crippen molar-refractivity contribution in [2.24, 2.45) is 5.41 Å². The Kier molecular flexibility index (Phi) is 4.02. The van der Waals surface area contributed by atoms with Crippen molar-refractivity contribution in [3.63, 3.8) is 0 Å². The van der Waals surface area contributed by atoms with Crippen LogP contribution < -0.4 is 9.91 Å². The average molecular weight is 465 g/mol. The summed E-state index contributed by atoms with van der Waals surface area (Å²) in [6, 6.07) is 10.1. The molecule has 9 heteroatoms. The van der Waals surface area contributed by atoms with Gasteiger partial charge in [0.1, 0.15) is 0 Å². The molecule has 2 aromatic carbocycles. The molecule has 0 radical (unpaired) electrons. The van der Waals surface area contributed by atoms with Gasteiger partial charge in [-0.3, -0.25) is 19.4 Å². The number of hydrazine groups is 1. The normalized spacial score (nSPS) is 24.3. The first kappa shape index (κ1) is 19.7. The summed E-state index contributed by atoms with van der Waals surface area (Å²) in [7, 11) is 0. The van der Waals surface area contributed by atoms with Crippen LogP contribution in [0.4, 0.5) is 11.4 Å². The van der Waals surface area contributed by atoms with E-state index in [9.17, 15) is 14.4 Å². The Balaban J connectivity index is 1.73. The number of carbonyl (C=O) groups excluding carboxylic acids is 3. The number of benzene rings is 2. The van der Waals surface area contributed by atoms with Gasteiger partial charge >= 0.3 is 0 Å².